The molecule has 2 aliphatic rings. The third-order valence-electron chi connectivity index (χ3n) is 4.19. The minimum atomic E-state index is -0.185. The summed E-state index contributed by atoms with van der Waals surface area (Å²) in [7, 11) is 0. The van der Waals surface area contributed by atoms with Gasteiger partial charge < -0.3 is 5.32 Å². The zero-order valence-corrected chi connectivity index (χ0v) is 13.3. The van der Waals surface area contributed by atoms with Crippen molar-refractivity contribution in [1.29, 1.82) is 5.26 Å². The van der Waals surface area contributed by atoms with Crippen LogP contribution >= 0.6 is 11.3 Å². The molecule has 0 fully saturated rings. The van der Waals surface area contributed by atoms with Crippen molar-refractivity contribution in [2.45, 2.75) is 39.5 Å². The summed E-state index contributed by atoms with van der Waals surface area (Å²) >= 11 is 1.61. The maximum atomic E-state index is 12.7. The Kier molecular flexibility index (Phi) is 3.26. The summed E-state index contributed by atoms with van der Waals surface area (Å²) in [6.45, 7) is 6.17. The molecule has 21 heavy (non-hydrogen) atoms. The molecule has 0 bridgehead atoms. The van der Waals surface area contributed by atoms with Crippen LogP contribution < -0.4 is 5.32 Å². The van der Waals surface area contributed by atoms with Gasteiger partial charge in [0.2, 0.25) is 0 Å². The van der Waals surface area contributed by atoms with Gasteiger partial charge in [0.25, 0.3) is 0 Å². The van der Waals surface area contributed by atoms with Crippen LogP contribution in [0.3, 0.4) is 0 Å². The number of hydrogen-bond donors (Lipinski definition) is 1. The topological polar surface area (TPSA) is 52.9 Å². The molecule has 1 aliphatic heterocycles. The second-order valence-electron chi connectivity index (χ2n) is 6.56. The van der Waals surface area contributed by atoms with Crippen molar-refractivity contribution in [2.75, 3.05) is 0 Å². The van der Waals surface area contributed by atoms with E-state index in [0.29, 0.717) is 12.0 Å². The minimum Gasteiger partial charge on any atom is -0.361 e. The van der Waals surface area contributed by atoms with Crippen molar-refractivity contribution in [3.05, 3.63) is 44.9 Å². The molecule has 2 heterocycles. The van der Waals surface area contributed by atoms with Gasteiger partial charge in [0.15, 0.2) is 5.78 Å². The van der Waals surface area contributed by atoms with E-state index in [4.69, 9.17) is 0 Å². The maximum absolute atomic E-state index is 12.7. The van der Waals surface area contributed by atoms with Gasteiger partial charge in [-0.1, -0.05) is 19.9 Å². The summed E-state index contributed by atoms with van der Waals surface area (Å²) in [6, 6.07) is 6.30. The largest absolute Gasteiger partial charge is 0.361 e. The molecule has 0 radical (unpaired) electrons. The number of dihydropyridines is 1. The van der Waals surface area contributed by atoms with Crippen molar-refractivity contribution in [1.82, 2.24) is 5.32 Å². The molecule has 0 unspecified atom stereocenters. The molecule has 1 aromatic rings. The summed E-state index contributed by atoms with van der Waals surface area (Å²) in [5.41, 5.74) is 3.34. The van der Waals surface area contributed by atoms with Gasteiger partial charge in [-0.15, -0.1) is 11.3 Å². The third kappa shape index (κ3) is 2.32. The van der Waals surface area contributed by atoms with Gasteiger partial charge in [-0.25, -0.2) is 0 Å². The molecule has 0 saturated carbocycles. The number of Topliss-reactive ketones (excluding diaryl/α,β-unsaturated/α-hetero) is 1. The van der Waals surface area contributed by atoms with E-state index in [-0.39, 0.29) is 17.1 Å². The lowest BCUT2D eigenvalue weighted by Gasteiger charge is -2.38. The van der Waals surface area contributed by atoms with Crippen LogP contribution in [-0.2, 0) is 4.79 Å². The fraction of sp³-hybridized carbons (Fsp3) is 0.412. The summed E-state index contributed by atoms with van der Waals surface area (Å²) < 4.78 is 0. The molecule has 1 atom stereocenters. The molecule has 3 rings (SSSR count). The molecule has 108 valence electrons. The lowest BCUT2D eigenvalue weighted by Crippen LogP contribution is -2.36. The Balaban J connectivity index is 2.17. The lowest BCUT2D eigenvalue weighted by atomic mass is 9.70. The molecule has 1 aromatic heterocycles. The second-order valence-corrected chi connectivity index (χ2v) is 7.54. The first-order valence-corrected chi connectivity index (χ1v) is 7.98. The smallest absolute Gasteiger partial charge is 0.162 e. The molecule has 0 amide bonds. The zero-order chi connectivity index (χ0) is 15.2. The molecule has 0 spiro atoms. The van der Waals surface area contributed by atoms with Gasteiger partial charge in [-0.05, 0) is 30.2 Å². The van der Waals surface area contributed by atoms with Crippen LogP contribution in [0.5, 0.6) is 0 Å². The number of nitrogens with zero attached hydrogens (tertiary/aromatic N) is 1. The van der Waals surface area contributed by atoms with Gasteiger partial charge in [-0.2, -0.15) is 5.26 Å². The first kappa shape index (κ1) is 14.1. The predicted octanol–water partition coefficient (Wildman–Crippen LogP) is 3.88. The van der Waals surface area contributed by atoms with Gasteiger partial charge in [0.05, 0.1) is 17.6 Å². The Bertz CT molecular complexity index is 702. The fourth-order valence-electron chi connectivity index (χ4n) is 3.32. The number of hydrogen-bond acceptors (Lipinski definition) is 4. The standard InChI is InChI=1S/C17H18N2OS/c1-10-11(9-18)15(14-5-4-6-21-14)16-12(19-10)7-17(2,3)8-13(16)20/h4-6,15,19H,7-8H2,1-3H3/t15-/m1/s1. The number of thiophene rings is 1. The highest BCUT2D eigenvalue weighted by Crippen LogP contribution is 2.47. The molecular formula is C17H18N2OS. The fourth-order valence-corrected chi connectivity index (χ4v) is 4.17. The SMILES string of the molecule is CC1=C(C#N)[C@H](c2cccs2)C2=C(CC(C)(C)CC2=O)N1. The summed E-state index contributed by atoms with van der Waals surface area (Å²) in [5.74, 6) is -0.0118. The normalized spacial score (nSPS) is 24.5. The van der Waals surface area contributed by atoms with E-state index in [9.17, 15) is 10.1 Å². The number of nitriles is 1. The van der Waals surface area contributed by atoms with E-state index in [2.05, 4.69) is 25.2 Å². The zero-order valence-electron chi connectivity index (χ0n) is 12.5. The number of allylic oxidation sites excluding steroid dienone is 4. The van der Waals surface area contributed by atoms with E-state index < -0.39 is 0 Å². The number of rotatable bonds is 1. The van der Waals surface area contributed by atoms with Crippen molar-refractivity contribution in [3.8, 4) is 6.07 Å². The summed E-state index contributed by atoms with van der Waals surface area (Å²) in [6.07, 6.45) is 1.40. The first-order chi connectivity index (χ1) is 9.93. The predicted molar refractivity (Wildman–Crippen MR) is 83.6 cm³/mol. The highest BCUT2D eigenvalue weighted by molar-refractivity contribution is 7.10. The van der Waals surface area contributed by atoms with E-state index in [0.717, 1.165) is 28.3 Å². The maximum Gasteiger partial charge on any atom is 0.162 e. The van der Waals surface area contributed by atoms with Gasteiger partial charge in [0.1, 0.15) is 0 Å². The molecule has 1 N–H and O–H groups in total. The van der Waals surface area contributed by atoms with E-state index in [1.165, 1.54) is 0 Å². The van der Waals surface area contributed by atoms with Crippen LogP contribution in [-0.4, -0.2) is 5.78 Å². The van der Waals surface area contributed by atoms with Crippen molar-refractivity contribution >= 4 is 17.1 Å². The summed E-state index contributed by atoms with van der Waals surface area (Å²) in [5, 5.41) is 14.8. The Morgan fingerprint density at radius 1 is 1.43 bits per heavy atom. The number of carbonyl (C=O) groups is 1. The van der Waals surface area contributed by atoms with Crippen LogP contribution in [0.4, 0.5) is 0 Å². The molecular weight excluding hydrogens is 280 g/mol. The van der Waals surface area contributed by atoms with Crippen molar-refractivity contribution < 1.29 is 4.79 Å². The Hall–Kier alpha value is -1.86. The average molecular weight is 298 g/mol. The Labute approximate surface area is 129 Å². The van der Waals surface area contributed by atoms with E-state index in [1.54, 1.807) is 11.3 Å². The number of ketones is 1. The first-order valence-electron chi connectivity index (χ1n) is 7.10. The average Bonchev–Trinajstić information content (AvgIpc) is 2.88. The van der Waals surface area contributed by atoms with Gasteiger partial charge in [-0.3, -0.25) is 4.79 Å². The Morgan fingerprint density at radius 2 is 2.19 bits per heavy atom. The molecule has 0 saturated heterocycles. The minimum absolute atomic E-state index is 0.0205. The summed E-state index contributed by atoms with van der Waals surface area (Å²) in [4.78, 5) is 13.8. The van der Waals surface area contributed by atoms with Crippen molar-refractivity contribution in [3.63, 3.8) is 0 Å². The van der Waals surface area contributed by atoms with Gasteiger partial charge in [0, 0.05) is 28.3 Å². The van der Waals surface area contributed by atoms with Crippen LogP contribution in [0, 0.1) is 16.7 Å². The monoisotopic (exact) mass is 298 g/mol. The van der Waals surface area contributed by atoms with Crippen LogP contribution in [0.2, 0.25) is 0 Å². The quantitative estimate of drug-likeness (QED) is 0.856. The highest BCUT2D eigenvalue weighted by atomic mass is 32.1. The van der Waals surface area contributed by atoms with Crippen LogP contribution in [0.25, 0.3) is 0 Å². The highest BCUT2D eigenvalue weighted by Gasteiger charge is 2.41. The van der Waals surface area contributed by atoms with Crippen molar-refractivity contribution in [2.24, 2.45) is 5.41 Å². The van der Waals surface area contributed by atoms with Crippen LogP contribution in [0.1, 0.15) is 44.4 Å². The number of nitrogens with one attached hydrogen (secondary N) is 1. The lowest BCUT2D eigenvalue weighted by molar-refractivity contribution is -0.118. The molecule has 3 nitrogen and oxygen atoms in total. The number of carbonyl (C=O) groups excluding carboxylic acids is 1. The molecule has 4 heteroatoms. The van der Waals surface area contributed by atoms with Gasteiger partial charge >= 0.3 is 0 Å². The third-order valence-corrected chi connectivity index (χ3v) is 5.13. The van der Waals surface area contributed by atoms with E-state index in [1.807, 2.05) is 24.4 Å². The molecule has 0 aromatic carbocycles. The Morgan fingerprint density at radius 3 is 2.81 bits per heavy atom. The van der Waals surface area contributed by atoms with E-state index >= 15 is 0 Å². The second kappa shape index (κ2) is 4.85. The molecule has 1 aliphatic carbocycles. The van der Waals surface area contributed by atoms with Crippen LogP contribution in [0.15, 0.2) is 40.1 Å².